The van der Waals surface area contributed by atoms with E-state index in [4.69, 9.17) is 4.74 Å². The zero-order valence-electron chi connectivity index (χ0n) is 9.93. The molecule has 0 bridgehead atoms. The molecule has 1 aromatic heterocycles. The van der Waals surface area contributed by atoms with Gasteiger partial charge in [0.2, 0.25) is 0 Å². The van der Waals surface area contributed by atoms with Crippen molar-refractivity contribution in [3.8, 4) is 0 Å². The molecule has 3 N–H and O–H groups in total. The van der Waals surface area contributed by atoms with Gasteiger partial charge < -0.3 is 20.1 Å². The molecule has 0 amide bonds. The Hall–Kier alpha value is -1.55. The first-order valence-electron chi connectivity index (χ1n) is 5.51. The first-order chi connectivity index (χ1) is 8.84. The van der Waals surface area contributed by atoms with Gasteiger partial charge in [-0.2, -0.15) is 0 Å². The Balaban J connectivity index is 2.49. The van der Waals surface area contributed by atoms with Gasteiger partial charge in [-0.25, -0.2) is 4.79 Å². The lowest BCUT2D eigenvalue weighted by molar-refractivity contribution is -0.212. The van der Waals surface area contributed by atoms with E-state index in [2.05, 4.69) is 0 Å². The Labute approximate surface area is 105 Å². The van der Waals surface area contributed by atoms with Crippen molar-refractivity contribution >= 4 is 0 Å². The van der Waals surface area contributed by atoms with Gasteiger partial charge in [0.15, 0.2) is 6.23 Å². The highest BCUT2D eigenvalue weighted by Gasteiger charge is 2.39. The topological polar surface area (TPSA) is 114 Å². The number of hydrogen-bond acceptors (Lipinski definition) is 6. The molecule has 1 aliphatic heterocycles. The number of halogens is 1. The van der Waals surface area contributed by atoms with Crippen LogP contribution in [0.1, 0.15) is 11.8 Å². The maximum Gasteiger partial charge on any atom is 0.362 e. The van der Waals surface area contributed by atoms with Crippen LogP contribution in [-0.2, 0) is 4.74 Å². The molecule has 0 aromatic carbocycles. The second-order valence-corrected chi connectivity index (χ2v) is 4.36. The third kappa shape index (κ3) is 2.21. The Morgan fingerprint density at radius 1 is 1.32 bits per heavy atom. The summed E-state index contributed by atoms with van der Waals surface area (Å²) < 4.78 is 19.0. The highest BCUT2D eigenvalue weighted by atomic mass is 19.2. The van der Waals surface area contributed by atoms with Crippen molar-refractivity contribution in [2.45, 2.75) is 31.5 Å². The number of nitrogens with zero attached hydrogens (tertiary/aromatic N) is 2. The minimum atomic E-state index is -1.63. The molecule has 1 aliphatic rings. The highest BCUT2D eigenvalue weighted by molar-refractivity contribution is 5.03. The fraction of sp³-hybridized carbons (Fsp3) is 0.600. The molecule has 0 spiro atoms. The number of hydrogen-bond donors (Lipinski definition) is 3. The summed E-state index contributed by atoms with van der Waals surface area (Å²) in [5, 5.41) is 28.5. The smallest absolute Gasteiger partial charge is 0.362 e. The molecule has 1 aromatic rings. The van der Waals surface area contributed by atoms with Gasteiger partial charge in [0, 0.05) is 11.8 Å². The van der Waals surface area contributed by atoms with Gasteiger partial charge >= 0.3 is 5.69 Å². The zero-order valence-corrected chi connectivity index (χ0v) is 9.93. The molecular weight excluding hydrogens is 263 g/mol. The quantitative estimate of drug-likeness (QED) is 0.530. The molecule has 19 heavy (non-hydrogen) atoms. The molecule has 2 rings (SSSR count). The van der Waals surface area contributed by atoms with Gasteiger partial charge in [0.25, 0.3) is 5.56 Å². The number of rotatable bonds is 1. The molecule has 0 aliphatic carbocycles. The number of aliphatic hydroxyl groups is 3. The average Bonchev–Trinajstić information content (AvgIpc) is 2.39. The van der Waals surface area contributed by atoms with Crippen LogP contribution >= 0.6 is 0 Å². The minimum absolute atomic E-state index is 0.0708. The maximum atomic E-state index is 13.3. The molecule has 4 atom stereocenters. The van der Waals surface area contributed by atoms with Crippen molar-refractivity contribution in [1.29, 1.82) is 0 Å². The fourth-order valence-electron chi connectivity index (χ4n) is 1.88. The van der Waals surface area contributed by atoms with E-state index < -0.39 is 40.6 Å². The molecule has 106 valence electrons. The van der Waals surface area contributed by atoms with Crippen LogP contribution in [0.25, 0.3) is 0 Å². The lowest BCUT2D eigenvalue weighted by Gasteiger charge is -2.35. The van der Waals surface area contributed by atoms with Crippen molar-refractivity contribution in [3.63, 3.8) is 0 Å². The van der Waals surface area contributed by atoms with Crippen LogP contribution in [0.15, 0.2) is 15.8 Å². The van der Waals surface area contributed by atoms with E-state index >= 15 is 0 Å². The van der Waals surface area contributed by atoms with E-state index in [9.17, 15) is 29.4 Å². The van der Waals surface area contributed by atoms with Crippen LogP contribution < -0.4 is 11.2 Å². The summed E-state index contributed by atoms with van der Waals surface area (Å²) in [5.41, 5.74) is -2.51. The third-order valence-corrected chi connectivity index (χ3v) is 2.99. The first kappa shape index (κ1) is 13.9. The number of aliphatic hydroxyl groups excluding tert-OH is 3. The van der Waals surface area contributed by atoms with E-state index in [1.54, 1.807) is 0 Å². The summed E-state index contributed by atoms with van der Waals surface area (Å²) in [6.45, 7) is 0.953. The lowest BCUT2D eigenvalue weighted by atomic mass is 10.0. The molecule has 0 radical (unpaired) electrons. The lowest BCUT2D eigenvalue weighted by Crippen LogP contribution is -2.53. The summed E-state index contributed by atoms with van der Waals surface area (Å²) in [6, 6.07) is 0. The predicted molar refractivity (Wildman–Crippen MR) is 59.2 cm³/mol. The molecule has 0 saturated carbocycles. The molecule has 9 heteroatoms. The van der Waals surface area contributed by atoms with Crippen molar-refractivity contribution in [2.75, 3.05) is 6.61 Å². The van der Waals surface area contributed by atoms with Crippen LogP contribution in [0.3, 0.4) is 0 Å². The molecule has 1 saturated heterocycles. The summed E-state index contributed by atoms with van der Waals surface area (Å²) in [7, 11) is 0. The summed E-state index contributed by atoms with van der Waals surface area (Å²) in [6.07, 6.45) is -4.82. The van der Waals surface area contributed by atoms with Crippen LogP contribution in [0.2, 0.25) is 0 Å². The molecule has 8 nitrogen and oxygen atoms in total. The summed E-state index contributed by atoms with van der Waals surface area (Å²) >= 11 is 0. The van der Waals surface area contributed by atoms with Crippen LogP contribution in [0, 0.1) is 6.92 Å². The standard InChI is InChI=1S/C10H13FN2O6/c1-4-2-12(10(18)13(11)8(4)17)9-7(16)6(15)5(14)3-19-9/h2,5-7,9,14-16H,3H2,1H3/t5-,6-,7+,9-/m1/s1. The highest BCUT2D eigenvalue weighted by Crippen LogP contribution is 2.22. The van der Waals surface area contributed by atoms with Gasteiger partial charge in [-0.15, -0.1) is 0 Å². The maximum absolute atomic E-state index is 13.3. The van der Waals surface area contributed by atoms with E-state index in [1.165, 1.54) is 6.92 Å². The molecule has 2 heterocycles. The van der Waals surface area contributed by atoms with Gasteiger partial charge in [-0.1, -0.05) is 9.27 Å². The Bertz CT molecular complexity index is 597. The van der Waals surface area contributed by atoms with Crippen LogP contribution in [0.5, 0.6) is 0 Å². The van der Waals surface area contributed by atoms with E-state index in [0.29, 0.717) is 4.57 Å². The largest absolute Gasteiger partial charge is 0.388 e. The Kier molecular flexibility index (Phi) is 3.54. The van der Waals surface area contributed by atoms with Crippen molar-refractivity contribution in [2.24, 2.45) is 0 Å². The fourth-order valence-corrected chi connectivity index (χ4v) is 1.88. The molecule has 0 unspecified atom stereocenters. The van der Waals surface area contributed by atoms with Crippen molar-refractivity contribution < 1.29 is 24.5 Å². The van der Waals surface area contributed by atoms with Crippen molar-refractivity contribution in [1.82, 2.24) is 9.36 Å². The van der Waals surface area contributed by atoms with E-state index in [-0.39, 0.29) is 12.2 Å². The van der Waals surface area contributed by atoms with E-state index in [1.807, 2.05) is 0 Å². The van der Waals surface area contributed by atoms with Gasteiger partial charge in [-0.05, 0) is 6.92 Å². The number of ether oxygens (including phenoxy) is 1. The minimum Gasteiger partial charge on any atom is -0.388 e. The second kappa shape index (κ2) is 4.85. The zero-order chi connectivity index (χ0) is 14.3. The Morgan fingerprint density at radius 3 is 2.58 bits per heavy atom. The predicted octanol–water partition coefficient (Wildman–Crippen LogP) is -2.34. The van der Waals surface area contributed by atoms with Crippen LogP contribution in [0.4, 0.5) is 4.48 Å². The van der Waals surface area contributed by atoms with Crippen molar-refractivity contribution in [3.05, 3.63) is 32.6 Å². The average molecular weight is 276 g/mol. The normalized spacial score (nSPS) is 31.4. The second-order valence-electron chi connectivity index (χ2n) is 4.36. The summed E-state index contributed by atoms with van der Waals surface area (Å²) in [4.78, 5) is 22.2. The molecular formula is C10H13FN2O6. The third-order valence-electron chi connectivity index (χ3n) is 2.99. The SMILES string of the molecule is Cc1cn([C@@H]2OC[C@@H](O)[C@@H](O)[C@@H]2O)c(=O)n(F)c1=O. The molecule has 1 fully saturated rings. The first-order valence-corrected chi connectivity index (χ1v) is 5.51. The number of aryl methyl sites for hydroxylation is 1. The van der Waals surface area contributed by atoms with Gasteiger partial charge in [-0.3, -0.25) is 9.36 Å². The number of aromatic nitrogens is 2. The van der Waals surface area contributed by atoms with Crippen LogP contribution in [-0.4, -0.2) is 49.6 Å². The van der Waals surface area contributed by atoms with Gasteiger partial charge in [0.05, 0.1) is 6.61 Å². The Morgan fingerprint density at radius 2 is 1.95 bits per heavy atom. The van der Waals surface area contributed by atoms with E-state index in [0.717, 1.165) is 6.20 Å². The van der Waals surface area contributed by atoms with Gasteiger partial charge in [0.1, 0.15) is 18.3 Å². The monoisotopic (exact) mass is 276 g/mol. The summed E-state index contributed by atoms with van der Waals surface area (Å²) in [5.74, 6) is 0.